The van der Waals surface area contributed by atoms with E-state index in [1.54, 1.807) is 6.92 Å². The number of hydrogen-bond donors (Lipinski definition) is 1. The van der Waals surface area contributed by atoms with E-state index in [9.17, 15) is 9.59 Å². The SMILES string of the molecule is CC(C)C1OC(=O)[C@H](C)NC1=O. The zero-order chi connectivity index (χ0) is 9.30. The third kappa shape index (κ3) is 1.57. The molecule has 0 radical (unpaired) electrons. The van der Waals surface area contributed by atoms with Crippen LogP contribution in [0.1, 0.15) is 20.8 Å². The predicted octanol–water partition coefficient (Wildman–Crippen LogP) is 0.0725. The summed E-state index contributed by atoms with van der Waals surface area (Å²) in [4.78, 5) is 22.2. The fourth-order valence-corrected chi connectivity index (χ4v) is 1.07. The summed E-state index contributed by atoms with van der Waals surface area (Å²) in [6.07, 6.45) is -0.617. The fraction of sp³-hybridized carbons (Fsp3) is 0.750. The molecule has 4 nitrogen and oxygen atoms in total. The third-order valence-corrected chi connectivity index (χ3v) is 1.82. The Kier molecular flexibility index (Phi) is 2.35. The lowest BCUT2D eigenvalue weighted by atomic mass is 10.0. The van der Waals surface area contributed by atoms with Crippen molar-refractivity contribution in [1.29, 1.82) is 0 Å². The summed E-state index contributed by atoms with van der Waals surface area (Å²) in [7, 11) is 0. The van der Waals surface area contributed by atoms with Gasteiger partial charge in [-0.25, -0.2) is 4.79 Å². The second-order valence-corrected chi connectivity index (χ2v) is 3.33. The van der Waals surface area contributed by atoms with E-state index in [0.29, 0.717) is 0 Å². The number of carbonyl (C=O) groups is 2. The summed E-state index contributed by atoms with van der Waals surface area (Å²) in [5.74, 6) is -0.521. The molecule has 1 fully saturated rings. The Morgan fingerprint density at radius 1 is 1.42 bits per heavy atom. The molecular formula is C8H13NO3. The topological polar surface area (TPSA) is 55.4 Å². The summed E-state index contributed by atoms with van der Waals surface area (Å²) < 4.78 is 4.92. The first-order chi connectivity index (χ1) is 5.52. The van der Waals surface area contributed by atoms with Crippen LogP contribution >= 0.6 is 0 Å². The molecule has 1 aliphatic heterocycles. The molecular weight excluding hydrogens is 158 g/mol. The molecule has 1 N–H and O–H groups in total. The standard InChI is InChI=1S/C8H13NO3/c1-4(2)6-7(10)9-5(3)8(11)12-6/h4-6H,1-3H3,(H,9,10)/t5-,6?/m0/s1. The number of nitrogens with one attached hydrogen (secondary N) is 1. The number of ether oxygens (including phenoxy) is 1. The predicted molar refractivity (Wildman–Crippen MR) is 42.3 cm³/mol. The van der Waals surface area contributed by atoms with Gasteiger partial charge in [-0.1, -0.05) is 13.8 Å². The van der Waals surface area contributed by atoms with Gasteiger partial charge in [-0.3, -0.25) is 4.79 Å². The lowest BCUT2D eigenvalue weighted by Crippen LogP contribution is -2.54. The Hall–Kier alpha value is -1.06. The Bertz CT molecular complexity index is 212. The third-order valence-electron chi connectivity index (χ3n) is 1.82. The second-order valence-electron chi connectivity index (χ2n) is 3.33. The van der Waals surface area contributed by atoms with Gasteiger partial charge in [-0.2, -0.15) is 0 Å². The summed E-state index contributed by atoms with van der Waals surface area (Å²) in [5, 5.41) is 2.55. The van der Waals surface area contributed by atoms with Crippen molar-refractivity contribution in [3.63, 3.8) is 0 Å². The van der Waals surface area contributed by atoms with Crippen LogP contribution in [-0.4, -0.2) is 24.0 Å². The lowest BCUT2D eigenvalue weighted by molar-refractivity contribution is -0.167. The van der Waals surface area contributed by atoms with Crippen LogP contribution in [0, 0.1) is 5.92 Å². The molecule has 2 atom stereocenters. The smallest absolute Gasteiger partial charge is 0.329 e. The first-order valence-corrected chi connectivity index (χ1v) is 4.03. The van der Waals surface area contributed by atoms with Gasteiger partial charge >= 0.3 is 5.97 Å². The van der Waals surface area contributed by atoms with Gasteiger partial charge in [0, 0.05) is 0 Å². The highest BCUT2D eigenvalue weighted by Gasteiger charge is 2.34. The number of morpholine rings is 1. The Morgan fingerprint density at radius 3 is 2.50 bits per heavy atom. The van der Waals surface area contributed by atoms with Crippen molar-refractivity contribution in [2.75, 3.05) is 0 Å². The zero-order valence-electron chi connectivity index (χ0n) is 7.46. The molecule has 1 unspecified atom stereocenters. The van der Waals surface area contributed by atoms with E-state index in [2.05, 4.69) is 5.32 Å². The normalized spacial score (nSPS) is 30.0. The number of amides is 1. The van der Waals surface area contributed by atoms with E-state index in [4.69, 9.17) is 4.74 Å². The molecule has 0 bridgehead atoms. The monoisotopic (exact) mass is 171 g/mol. The molecule has 0 aromatic heterocycles. The fourth-order valence-electron chi connectivity index (χ4n) is 1.07. The molecule has 1 saturated heterocycles. The van der Waals surface area contributed by atoms with Crippen molar-refractivity contribution in [1.82, 2.24) is 5.32 Å². The van der Waals surface area contributed by atoms with Crippen molar-refractivity contribution >= 4 is 11.9 Å². The number of esters is 1. The van der Waals surface area contributed by atoms with E-state index >= 15 is 0 Å². The lowest BCUT2D eigenvalue weighted by Gasteiger charge is -2.28. The highest BCUT2D eigenvalue weighted by Crippen LogP contribution is 2.12. The Balaban J connectivity index is 2.68. The molecule has 0 aliphatic carbocycles. The van der Waals surface area contributed by atoms with E-state index < -0.39 is 12.1 Å². The maximum absolute atomic E-state index is 11.2. The van der Waals surface area contributed by atoms with E-state index in [1.807, 2.05) is 13.8 Å². The van der Waals surface area contributed by atoms with E-state index in [0.717, 1.165) is 0 Å². The van der Waals surface area contributed by atoms with Gasteiger partial charge in [-0.15, -0.1) is 0 Å². The molecule has 1 amide bonds. The van der Waals surface area contributed by atoms with Gasteiger partial charge in [0.25, 0.3) is 5.91 Å². The van der Waals surface area contributed by atoms with Crippen molar-refractivity contribution in [3.8, 4) is 0 Å². The average molecular weight is 171 g/mol. The quantitative estimate of drug-likeness (QED) is 0.568. The number of hydrogen-bond acceptors (Lipinski definition) is 3. The highest BCUT2D eigenvalue weighted by atomic mass is 16.6. The molecule has 68 valence electrons. The van der Waals surface area contributed by atoms with E-state index in [-0.39, 0.29) is 17.8 Å². The van der Waals surface area contributed by atoms with Crippen LogP contribution in [0.25, 0.3) is 0 Å². The van der Waals surface area contributed by atoms with Crippen LogP contribution in [-0.2, 0) is 14.3 Å². The van der Waals surface area contributed by atoms with Gasteiger partial charge in [0.05, 0.1) is 0 Å². The molecule has 4 heteroatoms. The van der Waals surface area contributed by atoms with Gasteiger partial charge < -0.3 is 10.1 Å². The highest BCUT2D eigenvalue weighted by molar-refractivity contribution is 5.92. The maximum Gasteiger partial charge on any atom is 0.329 e. The Labute approximate surface area is 71.3 Å². The first kappa shape index (κ1) is 9.03. The molecule has 12 heavy (non-hydrogen) atoms. The first-order valence-electron chi connectivity index (χ1n) is 4.03. The summed E-state index contributed by atoms with van der Waals surface area (Å²) in [6, 6.07) is -0.507. The van der Waals surface area contributed by atoms with Gasteiger partial charge in [0.15, 0.2) is 6.10 Å². The van der Waals surface area contributed by atoms with Crippen LogP contribution < -0.4 is 5.32 Å². The van der Waals surface area contributed by atoms with Crippen molar-refractivity contribution in [2.45, 2.75) is 32.9 Å². The van der Waals surface area contributed by atoms with Crippen molar-refractivity contribution in [2.24, 2.45) is 5.92 Å². The largest absolute Gasteiger partial charge is 0.450 e. The second kappa shape index (κ2) is 3.13. The van der Waals surface area contributed by atoms with Crippen molar-refractivity contribution in [3.05, 3.63) is 0 Å². The minimum Gasteiger partial charge on any atom is -0.450 e. The molecule has 0 aromatic rings. The number of rotatable bonds is 1. The molecule has 0 aromatic carbocycles. The van der Waals surface area contributed by atoms with Gasteiger partial charge in [0.2, 0.25) is 0 Å². The molecule has 1 rings (SSSR count). The zero-order valence-corrected chi connectivity index (χ0v) is 7.46. The number of carbonyl (C=O) groups excluding carboxylic acids is 2. The maximum atomic E-state index is 11.2. The van der Waals surface area contributed by atoms with Crippen LogP contribution in [0.15, 0.2) is 0 Å². The van der Waals surface area contributed by atoms with Crippen LogP contribution in [0.2, 0.25) is 0 Å². The van der Waals surface area contributed by atoms with Crippen LogP contribution in [0.3, 0.4) is 0 Å². The van der Waals surface area contributed by atoms with Gasteiger partial charge in [-0.05, 0) is 12.8 Å². The molecule has 0 spiro atoms. The Morgan fingerprint density at radius 2 is 2.00 bits per heavy atom. The average Bonchev–Trinajstić information content (AvgIpc) is 1.96. The molecule has 0 saturated carbocycles. The van der Waals surface area contributed by atoms with Crippen molar-refractivity contribution < 1.29 is 14.3 Å². The molecule has 1 heterocycles. The minimum absolute atomic E-state index is 0.0291. The van der Waals surface area contributed by atoms with Crippen LogP contribution in [0.5, 0.6) is 0 Å². The summed E-state index contributed by atoms with van der Waals surface area (Å²) in [6.45, 7) is 5.29. The summed E-state index contributed by atoms with van der Waals surface area (Å²) >= 11 is 0. The van der Waals surface area contributed by atoms with E-state index in [1.165, 1.54) is 0 Å². The summed E-state index contributed by atoms with van der Waals surface area (Å²) in [5.41, 5.74) is 0. The number of cyclic esters (lactones) is 1. The van der Waals surface area contributed by atoms with Crippen LogP contribution in [0.4, 0.5) is 0 Å². The minimum atomic E-state index is -0.617. The van der Waals surface area contributed by atoms with Gasteiger partial charge in [0.1, 0.15) is 6.04 Å². The molecule has 1 aliphatic rings.